The van der Waals surface area contributed by atoms with E-state index in [0.29, 0.717) is 19.3 Å². The number of carbonyl (C=O) groups excluding carboxylic acids is 3. The summed E-state index contributed by atoms with van der Waals surface area (Å²) in [6.07, 6.45) is 34.0. The Bertz CT molecular complexity index is 679. The Labute approximate surface area is 285 Å². The van der Waals surface area contributed by atoms with Crippen LogP contribution in [-0.2, 0) is 28.6 Å². The van der Waals surface area contributed by atoms with Gasteiger partial charge in [0.15, 0.2) is 6.10 Å². The third-order valence-corrected chi connectivity index (χ3v) is 8.86. The molecule has 272 valence electrons. The Morgan fingerprint density at radius 1 is 0.348 bits per heavy atom. The zero-order valence-electron chi connectivity index (χ0n) is 30.9. The molecule has 0 bridgehead atoms. The normalized spacial score (nSPS) is 11.8. The van der Waals surface area contributed by atoms with E-state index in [4.69, 9.17) is 14.2 Å². The first-order valence-electron chi connectivity index (χ1n) is 20.0. The molecular formula is C40H76O6. The third-order valence-electron chi connectivity index (χ3n) is 8.86. The van der Waals surface area contributed by atoms with Gasteiger partial charge in [0, 0.05) is 19.3 Å². The van der Waals surface area contributed by atoms with Crippen molar-refractivity contribution in [3.63, 3.8) is 0 Å². The number of ether oxygens (including phenoxy) is 3. The molecular weight excluding hydrogens is 576 g/mol. The summed E-state index contributed by atoms with van der Waals surface area (Å²) in [6, 6.07) is 0. The van der Waals surface area contributed by atoms with Crippen molar-refractivity contribution in [3.05, 3.63) is 0 Å². The fourth-order valence-corrected chi connectivity index (χ4v) is 5.79. The molecule has 1 atom stereocenters. The van der Waals surface area contributed by atoms with Crippen LogP contribution in [-0.4, -0.2) is 37.2 Å². The zero-order chi connectivity index (χ0) is 33.8. The van der Waals surface area contributed by atoms with Gasteiger partial charge in [0.05, 0.1) is 0 Å². The monoisotopic (exact) mass is 653 g/mol. The van der Waals surface area contributed by atoms with E-state index in [1.54, 1.807) is 0 Å². The smallest absolute Gasteiger partial charge is 0.306 e. The predicted octanol–water partition coefficient (Wildman–Crippen LogP) is 12.1. The van der Waals surface area contributed by atoms with Gasteiger partial charge < -0.3 is 14.2 Å². The number of hydrogen-bond donors (Lipinski definition) is 0. The molecule has 0 N–H and O–H groups in total. The molecule has 0 radical (unpaired) electrons. The van der Waals surface area contributed by atoms with Crippen molar-refractivity contribution < 1.29 is 28.6 Å². The first-order valence-corrected chi connectivity index (χ1v) is 20.0. The maximum atomic E-state index is 12.5. The van der Waals surface area contributed by atoms with Crippen molar-refractivity contribution in [3.8, 4) is 0 Å². The molecule has 0 aliphatic rings. The standard InChI is InChI=1S/C40H76O6/c1-4-7-10-13-15-17-19-20-21-23-25-28-30-33-39(42)45-36-37(46-40(43)34-31-26-12-9-6-3)35-44-38(41)32-29-27-24-22-18-16-14-11-8-5-2/h37H,4-36H2,1-3H3/t37-/m0/s1. The lowest BCUT2D eigenvalue weighted by atomic mass is 10.0. The number of rotatable bonds is 36. The highest BCUT2D eigenvalue weighted by atomic mass is 16.6. The van der Waals surface area contributed by atoms with Gasteiger partial charge in [-0.15, -0.1) is 0 Å². The van der Waals surface area contributed by atoms with Crippen molar-refractivity contribution in [1.82, 2.24) is 0 Å². The molecule has 0 heterocycles. The fraction of sp³-hybridized carbons (Fsp3) is 0.925. The second-order valence-corrected chi connectivity index (χ2v) is 13.6. The van der Waals surface area contributed by atoms with Crippen LogP contribution < -0.4 is 0 Å². The van der Waals surface area contributed by atoms with Crippen LogP contribution in [0.15, 0.2) is 0 Å². The van der Waals surface area contributed by atoms with E-state index in [1.165, 1.54) is 116 Å². The summed E-state index contributed by atoms with van der Waals surface area (Å²) in [5.74, 6) is -0.876. The molecule has 0 aromatic heterocycles. The molecule has 0 rings (SSSR count). The summed E-state index contributed by atoms with van der Waals surface area (Å²) in [5, 5.41) is 0. The summed E-state index contributed by atoms with van der Waals surface area (Å²) in [5.41, 5.74) is 0. The zero-order valence-corrected chi connectivity index (χ0v) is 30.9. The van der Waals surface area contributed by atoms with Gasteiger partial charge in [-0.3, -0.25) is 14.4 Å². The molecule has 6 heteroatoms. The highest BCUT2D eigenvalue weighted by molar-refractivity contribution is 5.71. The predicted molar refractivity (Wildman–Crippen MR) is 192 cm³/mol. The third kappa shape index (κ3) is 33.8. The Morgan fingerprint density at radius 2 is 0.587 bits per heavy atom. The minimum Gasteiger partial charge on any atom is -0.462 e. The lowest BCUT2D eigenvalue weighted by molar-refractivity contribution is -0.167. The van der Waals surface area contributed by atoms with Gasteiger partial charge in [0.2, 0.25) is 0 Å². The number of hydrogen-bond acceptors (Lipinski definition) is 6. The average Bonchev–Trinajstić information content (AvgIpc) is 3.05. The van der Waals surface area contributed by atoms with Crippen molar-refractivity contribution in [2.24, 2.45) is 0 Å². The van der Waals surface area contributed by atoms with Crippen LogP contribution in [0.5, 0.6) is 0 Å². The molecule has 0 saturated heterocycles. The van der Waals surface area contributed by atoms with Gasteiger partial charge >= 0.3 is 17.9 Å². The molecule has 0 aliphatic carbocycles. The van der Waals surface area contributed by atoms with E-state index in [1.807, 2.05) is 0 Å². The molecule has 6 nitrogen and oxygen atoms in total. The fourth-order valence-electron chi connectivity index (χ4n) is 5.79. The quantitative estimate of drug-likeness (QED) is 0.0381. The minimum absolute atomic E-state index is 0.0651. The minimum atomic E-state index is -0.754. The highest BCUT2D eigenvalue weighted by Gasteiger charge is 2.19. The number of esters is 3. The molecule has 0 amide bonds. The van der Waals surface area contributed by atoms with Crippen LogP contribution in [0.4, 0.5) is 0 Å². The summed E-state index contributed by atoms with van der Waals surface area (Å²) >= 11 is 0. The highest BCUT2D eigenvalue weighted by Crippen LogP contribution is 2.15. The maximum absolute atomic E-state index is 12.5. The SMILES string of the molecule is CCCCCCCCCCCCCCCC(=O)OC[C@H](COC(=O)CCCCCCCCCCCC)OC(=O)CCCCCCC. The Balaban J connectivity index is 4.19. The molecule has 0 aromatic rings. The van der Waals surface area contributed by atoms with Gasteiger partial charge in [-0.2, -0.15) is 0 Å². The molecule has 0 aromatic carbocycles. The molecule has 0 spiro atoms. The Morgan fingerprint density at radius 3 is 0.870 bits per heavy atom. The van der Waals surface area contributed by atoms with Crippen molar-refractivity contribution in [1.29, 1.82) is 0 Å². The Kier molecular flexibility index (Phi) is 35.0. The van der Waals surface area contributed by atoms with Crippen LogP contribution in [0.3, 0.4) is 0 Å². The van der Waals surface area contributed by atoms with Crippen LogP contribution >= 0.6 is 0 Å². The van der Waals surface area contributed by atoms with E-state index >= 15 is 0 Å². The largest absolute Gasteiger partial charge is 0.462 e. The van der Waals surface area contributed by atoms with Gasteiger partial charge in [0.25, 0.3) is 0 Å². The lowest BCUT2D eigenvalue weighted by Gasteiger charge is -2.18. The first kappa shape index (κ1) is 44.4. The lowest BCUT2D eigenvalue weighted by Crippen LogP contribution is -2.30. The van der Waals surface area contributed by atoms with E-state index in [9.17, 15) is 14.4 Å². The van der Waals surface area contributed by atoms with Crippen molar-refractivity contribution in [2.75, 3.05) is 13.2 Å². The summed E-state index contributed by atoms with van der Waals surface area (Å²) < 4.78 is 16.5. The van der Waals surface area contributed by atoms with Crippen LogP contribution in [0.1, 0.15) is 220 Å². The number of carbonyl (C=O) groups is 3. The summed E-state index contributed by atoms with van der Waals surface area (Å²) in [6.45, 7) is 6.53. The Hall–Kier alpha value is -1.59. The van der Waals surface area contributed by atoms with Crippen molar-refractivity contribution in [2.45, 2.75) is 226 Å². The van der Waals surface area contributed by atoms with Gasteiger partial charge in [-0.1, -0.05) is 181 Å². The number of unbranched alkanes of at least 4 members (excludes halogenated alkanes) is 25. The first-order chi connectivity index (χ1) is 22.5. The van der Waals surface area contributed by atoms with E-state index in [-0.39, 0.29) is 31.1 Å². The molecule has 0 saturated carbocycles. The molecule has 0 fully saturated rings. The van der Waals surface area contributed by atoms with Crippen LogP contribution in [0.2, 0.25) is 0 Å². The summed E-state index contributed by atoms with van der Waals surface area (Å²) in [4.78, 5) is 37.2. The second-order valence-electron chi connectivity index (χ2n) is 13.6. The van der Waals surface area contributed by atoms with E-state index < -0.39 is 6.10 Å². The average molecular weight is 653 g/mol. The van der Waals surface area contributed by atoms with E-state index in [0.717, 1.165) is 64.2 Å². The van der Waals surface area contributed by atoms with Gasteiger partial charge in [-0.05, 0) is 19.3 Å². The van der Waals surface area contributed by atoms with E-state index in [2.05, 4.69) is 20.8 Å². The maximum Gasteiger partial charge on any atom is 0.306 e. The molecule has 0 unspecified atom stereocenters. The molecule has 46 heavy (non-hydrogen) atoms. The second kappa shape index (κ2) is 36.2. The van der Waals surface area contributed by atoms with Gasteiger partial charge in [-0.25, -0.2) is 0 Å². The van der Waals surface area contributed by atoms with Crippen LogP contribution in [0.25, 0.3) is 0 Å². The molecule has 0 aliphatic heterocycles. The topological polar surface area (TPSA) is 78.9 Å². The van der Waals surface area contributed by atoms with Gasteiger partial charge in [0.1, 0.15) is 13.2 Å². The van der Waals surface area contributed by atoms with Crippen molar-refractivity contribution >= 4 is 17.9 Å². The van der Waals surface area contributed by atoms with Crippen LogP contribution in [0, 0.1) is 0 Å². The summed E-state index contributed by atoms with van der Waals surface area (Å²) in [7, 11) is 0.